The zero-order valence-corrected chi connectivity index (χ0v) is 17.3. The minimum absolute atomic E-state index is 0.0140. The van der Waals surface area contributed by atoms with Gasteiger partial charge in [0.1, 0.15) is 13.2 Å². The van der Waals surface area contributed by atoms with Gasteiger partial charge in [-0.25, -0.2) is 5.43 Å². The first-order valence-electron chi connectivity index (χ1n) is 8.54. The van der Waals surface area contributed by atoms with E-state index >= 15 is 0 Å². The number of benzene rings is 2. The number of aromatic nitrogens is 4. The molecule has 0 radical (unpaired) electrons. The molecule has 0 aliphatic rings. The molecule has 0 bridgehead atoms. The summed E-state index contributed by atoms with van der Waals surface area (Å²) in [6, 6.07) is 10.5. The molecule has 0 aliphatic carbocycles. The Balaban J connectivity index is 1.58. The second kappa shape index (κ2) is 9.90. The van der Waals surface area contributed by atoms with Crippen molar-refractivity contribution in [2.45, 2.75) is 13.2 Å². The summed E-state index contributed by atoms with van der Waals surface area (Å²) in [7, 11) is 1.53. The molecule has 0 atom stereocenters. The number of nitrogens with zero attached hydrogens (tertiary/aromatic N) is 5. The van der Waals surface area contributed by atoms with E-state index in [1.807, 2.05) is 6.07 Å². The largest absolute Gasteiger partial charge is 0.493 e. The molecule has 0 saturated heterocycles. The highest BCUT2D eigenvalue weighted by molar-refractivity contribution is 6.42. The molecule has 3 rings (SSSR count). The minimum Gasteiger partial charge on any atom is -0.493 e. The number of hydrogen-bond acceptors (Lipinski definition) is 8. The van der Waals surface area contributed by atoms with Crippen LogP contribution in [0.15, 0.2) is 41.5 Å². The molecule has 0 unspecified atom stereocenters. The van der Waals surface area contributed by atoms with Gasteiger partial charge in [0.2, 0.25) is 0 Å². The number of carbonyl (C=O) groups is 1. The van der Waals surface area contributed by atoms with E-state index in [2.05, 4.69) is 25.9 Å². The van der Waals surface area contributed by atoms with Crippen molar-refractivity contribution >= 4 is 41.3 Å². The van der Waals surface area contributed by atoms with E-state index in [-0.39, 0.29) is 19.1 Å². The van der Waals surface area contributed by atoms with Crippen LogP contribution in [0, 0.1) is 0 Å². The lowest BCUT2D eigenvalue weighted by Crippen LogP contribution is -2.24. The van der Waals surface area contributed by atoms with Crippen LogP contribution in [0.5, 0.6) is 11.5 Å². The molecule has 1 amide bonds. The molecule has 1 aromatic heterocycles. The van der Waals surface area contributed by atoms with Crippen LogP contribution in [0.25, 0.3) is 0 Å². The fraction of sp³-hybridized carbons (Fsp3) is 0.167. The Morgan fingerprint density at radius 2 is 2.07 bits per heavy atom. The van der Waals surface area contributed by atoms with Crippen LogP contribution in [0.3, 0.4) is 0 Å². The average molecular weight is 450 g/mol. The first kappa shape index (κ1) is 21.3. The topological polar surface area (TPSA) is 130 Å². The van der Waals surface area contributed by atoms with E-state index in [4.69, 9.17) is 38.4 Å². The van der Waals surface area contributed by atoms with Gasteiger partial charge >= 0.3 is 0 Å². The van der Waals surface area contributed by atoms with Crippen molar-refractivity contribution in [1.82, 2.24) is 25.6 Å². The van der Waals surface area contributed by atoms with Gasteiger partial charge in [-0.05, 0) is 46.7 Å². The molecule has 10 nitrogen and oxygen atoms in total. The summed E-state index contributed by atoms with van der Waals surface area (Å²) in [6.45, 7) is 0.129. The van der Waals surface area contributed by atoms with Gasteiger partial charge in [-0.2, -0.15) is 9.90 Å². The number of methoxy groups -OCH3 is 1. The van der Waals surface area contributed by atoms with E-state index in [0.717, 1.165) is 10.4 Å². The number of hydrazone groups is 1. The molecule has 0 saturated carbocycles. The Morgan fingerprint density at radius 1 is 1.23 bits per heavy atom. The van der Waals surface area contributed by atoms with Gasteiger partial charge < -0.3 is 15.2 Å². The summed E-state index contributed by atoms with van der Waals surface area (Å²) in [5.41, 5.74) is 9.26. The van der Waals surface area contributed by atoms with Crippen LogP contribution in [0.4, 0.5) is 5.95 Å². The second-order valence-electron chi connectivity index (χ2n) is 5.92. The molecule has 1 heterocycles. The first-order valence-corrected chi connectivity index (χ1v) is 9.30. The number of anilines is 1. The number of tetrazole rings is 1. The Hall–Kier alpha value is -3.37. The third-order valence-electron chi connectivity index (χ3n) is 3.72. The van der Waals surface area contributed by atoms with Crippen molar-refractivity contribution in [3.63, 3.8) is 0 Å². The summed E-state index contributed by atoms with van der Waals surface area (Å²) < 4.78 is 11.2. The number of nitrogens with one attached hydrogen (secondary N) is 1. The Morgan fingerprint density at radius 3 is 2.77 bits per heavy atom. The predicted octanol–water partition coefficient (Wildman–Crippen LogP) is 2.30. The predicted molar refractivity (Wildman–Crippen MR) is 112 cm³/mol. The summed E-state index contributed by atoms with van der Waals surface area (Å²) >= 11 is 11.9. The van der Waals surface area contributed by atoms with Crippen LogP contribution < -0.4 is 20.6 Å². The fourth-order valence-electron chi connectivity index (χ4n) is 2.34. The number of amides is 1. The van der Waals surface area contributed by atoms with Gasteiger partial charge in [0, 0.05) is 0 Å². The Labute approximate surface area is 181 Å². The van der Waals surface area contributed by atoms with E-state index in [1.54, 1.807) is 30.3 Å². The summed E-state index contributed by atoms with van der Waals surface area (Å²) in [4.78, 5) is 12.9. The molecule has 0 aliphatic heterocycles. The molecule has 12 heteroatoms. The minimum atomic E-state index is -0.433. The Kier molecular flexibility index (Phi) is 7.04. The van der Waals surface area contributed by atoms with Crippen LogP contribution in [0.2, 0.25) is 10.0 Å². The lowest BCUT2D eigenvalue weighted by molar-refractivity contribution is -0.122. The van der Waals surface area contributed by atoms with E-state index in [1.165, 1.54) is 13.3 Å². The Bertz CT molecular complexity index is 1070. The number of ether oxygens (including phenoxy) is 2. The van der Waals surface area contributed by atoms with Crippen molar-refractivity contribution in [3.05, 3.63) is 57.6 Å². The summed E-state index contributed by atoms with van der Waals surface area (Å²) in [5, 5.41) is 15.6. The first-order chi connectivity index (χ1) is 14.4. The summed E-state index contributed by atoms with van der Waals surface area (Å²) in [5.74, 6) is 0.601. The maximum Gasteiger partial charge on any atom is 0.263 e. The van der Waals surface area contributed by atoms with Gasteiger partial charge in [0.25, 0.3) is 11.9 Å². The van der Waals surface area contributed by atoms with Crippen molar-refractivity contribution in [2.75, 3.05) is 12.8 Å². The maximum absolute atomic E-state index is 11.8. The molecular weight excluding hydrogens is 433 g/mol. The van der Waals surface area contributed by atoms with Gasteiger partial charge in [0.05, 0.1) is 23.4 Å². The zero-order chi connectivity index (χ0) is 21.5. The lowest BCUT2D eigenvalue weighted by atomic mass is 10.2. The van der Waals surface area contributed by atoms with E-state index < -0.39 is 5.91 Å². The average Bonchev–Trinajstić information content (AvgIpc) is 3.13. The smallest absolute Gasteiger partial charge is 0.263 e. The molecule has 30 heavy (non-hydrogen) atoms. The highest BCUT2D eigenvalue weighted by atomic mass is 35.5. The number of rotatable bonds is 8. The van der Waals surface area contributed by atoms with E-state index in [0.29, 0.717) is 27.1 Å². The summed E-state index contributed by atoms with van der Waals surface area (Å²) in [6.07, 6.45) is 1.46. The SMILES string of the molecule is COc1cc(/C=N/NC(=O)Cn2nnc(N)n2)ccc1OCc1ccc(Cl)c(Cl)c1. The fourth-order valence-corrected chi connectivity index (χ4v) is 2.66. The number of nitrogen functional groups attached to an aromatic ring is 1. The number of halogens is 2. The third-order valence-corrected chi connectivity index (χ3v) is 4.46. The van der Waals surface area contributed by atoms with Crippen LogP contribution in [-0.2, 0) is 17.9 Å². The standard InChI is InChI=1S/C18H17Cl2N7O3/c1-29-16-7-11(8-22-23-17(28)9-27-25-18(21)24-26-27)3-5-15(16)30-10-12-2-4-13(19)14(20)6-12/h2-8H,9-10H2,1H3,(H2,21,25)(H,23,28)/b22-8+. The van der Waals surface area contributed by atoms with Gasteiger partial charge in [-0.1, -0.05) is 34.4 Å². The molecule has 2 aromatic carbocycles. The van der Waals surface area contributed by atoms with Crippen LogP contribution in [0.1, 0.15) is 11.1 Å². The number of carbonyl (C=O) groups excluding carboxylic acids is 1. The van der Waals surface area contributed by atoms with Gasteiger partial charge in [-0.15, -0.1) is 5.10 Å². The van der Waals surface area contributed by atoms with Crippen molar-refractivity contribution in [2.24, 2.45) is 5.10 Å². The molecule has 3 N–H and O–H groups in total. The number of hydrogen-bond donors (Lipinski definition) is 2. The normalized spacial score (nSPS) is 10.9. The maximum atomic E-state index is 11.8. The molecule has 3 aromatic rings. The molecular formula is C18H17Cl2N7O3. The number of nitrogens with two attached hydrogens (primary N) is 1. The van der Waals surface area contributed by atoms with Gasteiger partial charge in [-0.3, -0.25) is 4.79 Å². The van der Waals surface area contributed by atoms with E-state index in [9.17, 15) is 4.79 Å². The molecule has 0 fully saturated rings. The third kappa shape index (κ3) is 5.82. The monoisotopic (exact) mass is 449 g/mol. The highest BCUT2D eigenvalue weighted by Crippen LogP contribution is 2.29. The van der Waals surface area contributed by atoms with Crippen molar-refractivity contribution in [1.29, 1.82) is 0 Å². The molecule has 156 valence electrons. The van der Waals surface area contributed by atoms with Crippen molar-refractivity contribution < 1.29 is 14.3 Å². The highest BCUT2D eigenvalue weighted by Gasteiger charge is 2.08. The lowest BCUT2D eigenvalue weighted by Gasteiger charge is -2.11. The molecule has 0 spiro atoms. The zero-order valence-electron chi connectivity index (χ0n) is 15.7. The quantitative estimate of drug-likeness (QED) is 0.398. The second-order valence-corrected chi connectivity index (χ2v) is 6.73. The van der Waals surface area contributed by atoms with Crippen LogP contribution >= 0.6 is 23.2 Å². The van der Waals surface area contributed by atoms with Crippen LogP contribution in [-0.4, -0.2) is 39.4 Å². The van der Waals surface area contributed by atoms with Gasteiger partial charge in [0.15, 0.2) is 11.5 Å². The van der Waals surface area contributed by atoms with Crippen molar-refractivity contribution in [3.8, 4) is 11.5 Å².